The molecule has 0 radical (unpaired) electrons. The van der Waals surface area contributed by atoms with Crippen molar-refractivity contribution in [1.82, 2.24) is 4.98 Å². The lowest BCUT2D eigenvalue weighted by atomic mass is 10.0. The highest BCUT2D eigenvalue weighted by Gasteiger charge is 2.13. The van der Waals surface area contributed by atoms with Gasteiger partial charge in [0.1, 0.15) is 11.5 Å². The average Bonchev–Trinajstić information content (AvgIpc) is 2.61. The van der Waals surface area contributed by atoms with Gasteiger partial charge in [-0.1, -0.05) is 6.07 Å². The highest BCUT2D eigenvalue weighted by molar-refractivity contribution is 6.13. The van der Waals surface area contributed by atoms with E-state index in [4.69, 9.17) is 9.47 Å². The molecule has 0 aliphatic carbocycles. The number of aryl methyl sites for hydroxylation is 1. The number of rotatable bonds is 6. The van der Waals surface area contributed by atoms with Gasteiger partial charge < -0.3 is 14.8 Å². The summed E-state index contributed by atoms with van der Waals surface area (Å²) in [5.41, 5.74) is 2.24. The number of hydrogen-bond donors (Lipinski definition) is 1. The van der Waals surface area contributed by atoms with E-state index < -0.39 is 0 Å². The Morgan fingerprint density at radius 2 is 1.73 bits per heavy atom. The number of anilines is 1. The second-order valence-corrected chi connectivity index (χ2v) is 5.92. The fraction of sp³-hybridized carbons (Fsp3) is 0.238. The summed E-state index contributed by atoms with van der Waals surface area (Å²) in [4.78, 5) is 17.0. The van der Waals surface area contributed by atoms with Gasteiger partial charge in [0.25, 0.3) is 5.91 Å². The molecule has 0 aliphatic rings. The molecule has 5 heteroatoms. The molecule has 0 saturated heterocycles. The summed E-state index contributed by atoms with van der Waals surface area (Å²) in [6.07, 6.45) is 3.44. The minimum absolute atomic E-state index is 0.192. The third-order valence-corrected chi connectivity index (χ3v) is 3.90. The number of carbonyl (C=O) groups is 1. The minimum Gasteiger partial charge on any atom is -0.494 e. The summed E-state index contributed by atoms with van der Waals surface area (Å²) in [6, 6.07) is 11.2. The number of ether oxygens (including phenoxy) is 2. The van der Waals surface area contributed by atoms with Crippen molar-refractivity contribution in [3.63, 3.8) is 0 Å². The summed E-state index contributed by atoms with van der Waals surface area (Å²) in [5.74, 6) is 1.12. The lowest BCUT2D eigenvalue weighted by Gasteiger charge is -2.13. The van der Waals surface area contributed by atoms with Gasteiger partial charge in [0.15, 0.2) is 0 Å². The van der Waals surface area contributed by atoms with Crippen molar-refractivity contribution in [2.75, 3.05) is 18.5 Å². The smallest absolute Gasteiger partial charge is 0.256 e. The standard InChI is InChI=1S/C21H22N2O3/c1-4-25-17-10-16(11-18(12-17)26-5-2)23-21(24)19-9-14(3)8-15-6-7-22-13-20(15)19/h6-13H,4-5H2,1-3H3,(H,23,24). The molecule has 1 aromatic heterocycles. The number of fused-ring (bicyclic) bond motifs is 1. The number of amides is 1. The van der Waals surface area contributed by atoms with Crippen molar-refractivity contribution in [3.8, 4) is 11.5 Å². The lowest BCUT2D eigenvalue weighted by molar-refractivity contribution is 0.102. The molecule has 1 N–H and O–H groups in total. The van der Waals surface area contributed by atoms with Crippen LogP contribution < -0.4 is 14.8 Å². The molecular weight excluding hydrogens is 328 g/mol. The van der Waals surface area contributed by atoms with E-state index in [1.165, 1.54) is 0 Å². The number of pyridine rings is 1. The monoisotopic (exact) mass is 350 g/mol. The Labute approximate surface area is 153 Å². The maximum atomic E-state index is 12.9. The largest absolute Gasteiger partial charge is 0.494 e. The molecule has 1 amide bonds. The second kappa shape index (κ2) is 7.87. The van der Waals surface area contributed by atoms with E-state index >= 15 is 0 Å². The number of benzene rings is 2. The van der Waals surface area contributed by atoms with Crippen LogP contribution in [0.15, 0.2) is 48.8 Å². The van der Waals surface area contributed by atoms with Crippen molar-refractivity contribution in [3.05, 3.63) is 59.9 Å². The zero-order chi connectivity index (χ0) is 18.5. The summed E-state index contributed by atoms with van der Waals surface area (Å²) >= 11 is 0. The Kier molecular flexibility index (Phi) is 5.37. The molecule has 0 spiro atoms. The fourth-order valence-corrected chi connectivity index (χ4v) is 2.88. The van der Waals surface area contributed by atoms with Gasteiger partial charge in [0, 0.05) is 47.2 Å². The van der Waals surface area contributed by atoms with Gasteiger partial charge in [-0.15, -0.1) is 0 Å². The lowest BCUT2D eigenvalue weighted by Crippen LogP contribution is -2.13. The van der Waals surface area contributed by atoms with Crippen LogP contribution in [0.1, 0.15) is 29.8 Å². The number of aromatic nitrogens is 1. The first kappa shape index (κ1) is 17.7. The molecule has 0 saturated carbocycles. The summed E-state index contributed by atoms with van der Waals surface area (Å²) < 4.78 is 11.1. The van der Waals surface area contributed by atoms with Crippen LogP contribution >= 0.6 is 0 Å². The highest BCUT2D eigenvalue weighted by Crippen LogP contribution is 2.28. The van der Waals surface area contributed by atoms with Crippen molar-refractivity contribution in [2.24, 2.45) is 0 Å². The van der Waals surface area contributed by atoms with Crippen LogP contribution in [0.3, 0.4) is 0 Å². The normalized spacial score (nSPS) is 10.6. The van der Waals surface area contributed by atoms with Gasteiger partial charge in [0.05, 0.1) is 13.2 Å². The quantitative estimate of drug-likeness (QED) is 0.706. The molecule has 26 heavy (non-hydrogen) atoms. The van der Waals surface area contributed by atoms with Gasteiger partial charge in [-0.25, -0.2) is 0 Å². The van der Waals surface area contributed by atoms with Crippen molar-refractivity contribution < 1.29 is 14.3 Å². The molecule has 5 nitrogen and oxygen atoms in total. The van der Waals surface area contributed by atoms with E-state index in [1.54, 1.807) is 24.5 Å². The number of nitrogens with one attached hydrogen (secondary N) is 1. The third-order valence-electron chi connectivity index (χ3n) is 3.90. The Hall–Kier alpha value is -3.08. The van der Waals surface area contributed by atoms with E-state index in [2.05, 4.69) is 10.3 Å². The maximum Gasteiger partial charge on any atom is 0.256 e. The van der Waals surface area contributed by atoms with Crippen LogP contribution in [0, 0.1) is 6.92 Å². The van der Waals surface area contributed by atoms with Crippen LogP contribution in [0.2, 0.25) is 0 Å². The van der Waals surface area contributed by atoms with Crippen molar-refractivity contribution in [1.29, 1.82) is 0 Å². The van der Waals surface area contributed by atoms with Gasteiger partial charge in [0.2, 0.25) is 0 Å². The average molecular weight is 350 g/mol. The third kappa shape index (κ3) is 3.94. The van der Waals surface area contributed by atoms with Gasteiger partial charge in [-0.05, 0) is 43.9 Å². The van der Waals surface area contributed by atoms with E-state index in [9.17, 15) is 4.79 Å². The minimum atomic E-state index is -0.192. The first-order valence-corrected chi connectivity index (χ1v) is 8.67. The predicted octanol–water partition coefficient (Wildman–Crippen LogP) is 4.59. The molecular formula is C21H22N2O3. The van der Waals surface area contributed by atoms with Crippen LogP contribution in [0.25, 0.3) is 10.8 Å². The highest BCUT2D eigenvalue weighted by atomic mass is 16.5. The first-order valence-electron chi connectivity index (χ1n) is 8.67. The number of hydrogen-bond acceptors (Lipinski definition) is 4. The second-order valence-electron chi connectivity index (χ2n) is 5.92. The Balaban J connectivity index is 1.95. The molecule has 0 unspecified atom stereocenters. The zero-order valence-corrected chi connectivity index (χ0v) is 15.2. The predicted molar refractivity (Wildman–Crippen MR) is 103 cm³/mol. The molecule has 134 valence electrons. The van der Waals surface area contributed by atoms with E-state index in [-0.39, 0.29) is 5.91 Å². The molecule has 2 aromatic carbocycles. The van der Waals surface area contributed by atoms with E-state index in [0.29, 0.717) is 36.0 Å². The molecule has 0 bridgehead atoms. The molecule has 0 aliphatic heterocycles. The number of carbonyl (C=O) groups excluding carboxylic acids is 1. The fourth-order valence-electron chi connectivity index (χ4n) is 2.88. The molecule has 0 atom stereocenters. The molecule has 1 heterocycles. The van der Waals surface area contributed by atoms with Gasteiger partial charge in [-0.2, -0.15) is 0 Å². The van der Waals surface area contributed by atoms with Gasteiger partial charge in [-0.3, -0.25) is 9.78 Å². The van der Waals surface area contributed by atoms with Gasteiger partial charge >= 0.3 is 0 Å². The Bertz CT molecular complexity index is 913. The molecule has 0 fully saturated rings. The topological polar surface area (TPSA) is 60.5 Å². The van der Waals surface area contributed by atoms with Crippen LogP contribution in [0.4, 0.5) is 5.69 Å². The Morgan fingerprint density at radius 1 is 1.04 bits per heavy atom. The first-order chi connectivity index (χ1) is 12.6. The van der Waals surface area contributed by atoms with Crippen LogP contribution in [0.5, 0.6) is 11.5 Å². The van der Waals surface area contributed by atoms with Crippen molar-refractivity contribution >= 4 is 22.4 Å². The summed E-state index contributed by atoms with van der Waals surface area (Å²) in [7, 11) is 0. The molecule has 3 aromatic rings. The number of nitrogens with zero attached hydrogens (tertiary/aromatic N) is 1. The van der Waals surface area contributed by atoms with Crippen LogP contribution in [-0.4, -0.2) is 24.1 Å². The zero-order valence-electron chi connectivity index (χ0n) is 15.2. The Morgan fingerprint density at radius 3 is 2.38 bits per heavy atom. The molecule has 3 rings (SSSR count). The van der Waals surface area contributed by atoms with Crippen molar-refractivity contribution in [2.45, 2.75) is 20.8 Å². The van der Waals surface area contributed by atoms with E-state index in [1.807, 2.05) is 45.0 Å². The summed E-state index contributed by atoms with van der Waals surface area (Å²) in [6.45, 7) is 6.88. The summed E-state index contributed by atoms with van der Waals surface area (Å²) in [5, 5.41) is 4.76. The van der Waals surface area contributed by atoms with Crippen LogP contribution in [-0.2, 0) is 0 Å². The maximum absolute atomic E-state index is 12.9. The SMILES string of the molecule is CCOc1cc(NC(=O)c2cc(C)cc3ccncc23)cc(OCC)c1. The van der Waals surface area contributed by atoms with E-state index in [0.717, 1.165) is 16.3 Å².